The van der Waals surface area contributed by atoms with Gasteiger partial charge in [-0.05, 0) is 31.4 Å². The first-order chi connectivity index (χ1) is 6.56. The van der Waals surface area contributed by atoms with Gasteiger partial charge in [0.05, 0.1) is 10.4 Å². The van der Waals surface area contributed by atoms with E-state index in [0.29, 0.717) is 5.56 Å². The van der Waals surface area contributed by atoms with Crippen LogP contribution < -0.4 is 0 Å². The second-order valence-corrected chi connectivity index (χ2v) is 5.12. The first-order valence-electron chi connectivity index (χ1n) is 4.11. The molecule has 14 heavy (non-hydrogen) atoms. The molecule has 0 fully saturated rings. The molecule has 76 valence electrons. The maximum Gasteiger partial charge on any atom is 0.179 e. The van der Waals surface area contributed by atoms with Crippen molar-refractivity contribution in [3.05, 3.63) is 23.8 Å². The van der Waals surface area contributed by atoms with Gasteiger partial charge >= 0.3 is 0 Å². The molecule has 1 rings (SSSR count). The maximum atomic E-state index is 11.6. The highest BCUT2D eigenvalue weighted by molar-refractivity contribution is 9.10. The molecule has 0 bridgehead atoms. The summed E-state index contributed by atoms with van der Waals surface area (Å²) in [6.07, 6.45) is 1.93. The number of hydrogen-bond donors (Lipinski definition) is 1. The van der Waals surface area contributed by atoms with Gasteiger partial charge in [-0.2, -0.15) is 0 Å². The second kappa shape index (κ2) is 4.84. The summed E-state index contributed by atoms with van der Waals surface area (Å²) < 4.78 is 0. The number of ketones is 1. The first kappa shape index (κ1) is 11.6. The lowest BCUT2D eigenvalue weighted by Gasteiger charge is -2.06. The van der Waals surface area contributed by atoms with Gasteiger partial charge in [-0.25, -0.2) is 0 Å². The van der Waals surface area contributed by atoms with Gasteiger partial charge in [0.25, 0.3) is 0 Å². The van der Waals surface area contributed by atoms with Gasteiger partial charge in [0.15, 0.2) is 5.78 Å². The zero-order valence-corrected chi connectivity index (χ0v) is 10.4. The zero-order chi connectivity index (χ0) is 10.7. The van der Waals surface area contributed by atoms with Crippen LogP contribution in [0.1, 0.15) is 17.3 Å². The predicted molar refractivity (Wildman–Crippen MR) is 62.6 cm³/mol. The van der Waals surface area contributed by atoms with E-state index in [9.17, 15) is 9.90 Å². The fourth-order valence-electron chi connectivity index (χ4n) is 1.05. The van der Waals surface area contributed by atoms with Crippen LogP contribution in [0.25, 0.3) is 0 Å². The number of aromatic hydroxyl groups is 1. The van der Waals surface area contributed by atoms with E-state index in [4.69, 9.17) is 0 Å². The van der Waals surface area contributed by atoms with Crippen molar-refractivity contribution in [2.45, 2.75) is 16.6 Å². The van der Waals surface area contributed by atoms with Gasteiger partial charge in [-0.15, -0.1) is 11.8 Å². The van der Waals surface area contributed by atoms with E-state index >= 15 is 0 Å². The number of phenols is 1. The molecule has 1 atom stereocenters. The Balaban J connectivity index is 3.12. The van der Waals surface area contributed by atoms with E-state index in [1.165, 1.54) is 0 Å². The summed E-state index contributed by atoms with van der Waals surface area (Å²) in [7, 11) is 0. The van der Waals surface area contributed by atoms with Crippen LogP contribution in [-0.2, 0) is 0 Å². The number of carbonyl (C=O) groups is 1. The Labute approximate surface area is 95.8 Å². The van der Waals surface area contributed by atoms with Crippen molar-refractivity contribution in [1.82, 2.24) is 0 Å². The van der Waals surface area contributed by atoms with Crippen molar-refractivity contribution < 1.29 is 9.90 Å². The van der Waals surface area contributed by atoms with Gasteiger partial charge < -0.3 is 5.11 Å². The van der Waals surface area contributed by atoms with Gasteiger partial charge in [0, 0.05) is 4.90 Å². The number of Topliss-reactive ketones (excluding diaryl/α,β-unsaturated/α-hetero) is 1. The van der Waals surface area contributed by atoms with Crippen LogP contribution in [0.15, 0.2) is 23.1 Å². The van der Waals surface area contributed by atoms with E-state index in [0.717, 1.165) is 4.90 Å². The maximum absolute atomic E-state index is 11.6. The molecule has 1 aromatic carbocycles. The van der Waals surface area contributed by atoms with Gasteiger partial charge in [0.1, 0.15) is 5.75 Å². The Morgan fingerprint density at radius 2 is 2.21 bits per heavy atom. The van der Waals surface area contributed by atoms with Crippen molar-refractivity contribution in [3.8, 4) is 5.75 Å². The largest absolute Gasteiger partial charge is 0.507 e. The molecule has 1 aromatic rings. The molecule has 0 spiro atoms. The molecule has 0 aliphatic carbocycles. The van der Waals surface area contributed by atoms with Gasteiger partial charge in [-0.1, -0.05) is 15.9 Å². The van der Waals surface area contributed by atoms with E-state index in [1.807, 2.05) is 6.26 Å². The summed E-state index contributed by atoms with van der Waals surface area (Å²) in [5.41, 5.74) is 0.376. The number of rotatable bonds is 3. The molecule has 0 amide bonds. The monoisotopic (exact) mass is 274 g/mol. The minimum Gasteiger partial charge on any atom is -0.507 e. The number of phenolic OH excluding ortho intramolecular Hbond substituents is 1. The lowest BCUT2D eigenvalue weighted by atomic mass is 10.1. The Morgan fingerprint density at radius 1 is 1.57 bits per heavy atom. The standard InChI is InChI=1S/C10H11BrO2S/c1-6(11)10(13)8-5-7(14-2)3-4-9(8)12/h3-6,12H,1-2H3. The minimum atomic E-state index is -0.273. The van der Waals surface area contributed by atoms with Crippen molar-refractivity contribution >= 4 is 33.5 Å². The highest BCUT2D eigenvalue weighted by Crippen LogP contribution is 2.25. The average Bonchev–Trinajstić information content (AvgIpc) is 2.17. The van der Waals surface area contributed by atoms with Crippen molar-refractivity contribution in [3.63, 3.8) is 0 Å². The van der Waals surface area contributed by atoms with Crippen molar-refractivity contribution in [2.24, 2.45) is 0 Å². The third-order valence-electron chi connectivity index (χ3n) is 1.83. The number of alkyl halides is 1. The molecule has 0 aliphatic heterocycles. The first-order valence-corrected chi connectivity index (χ1v) is 6.25. The van der Waals surface area contributed by atoms with Crippen LogP contribution in [0.5, 0.6) is 5.75 Å². The molecule has 4 heteroatoms. The second-order valence-electron chi connectivity index (χ2n) is 2.86. The quantitative estimate of drug-likeness (QED) is 0.523. The van der Waals surface area contributed by atoms with Crippen LogP contribution in [0.2, 0.25) is 0 Å². The number of benzene rings is 1. The summed E-state index contributed by atoms with van der Waals surface area (Å²) >= 11 is 4.73. The fraction of sp³-hybridized carbons (Fsp3) is 0.300. The van der Waals surface area contributed by atoms with Gasteiger partial charge in [0.2, 0.25) is 0 Å². The molecule has 0 aliphatic rings. The summed E-state index contributed by atoms with van der Waals surface area (Å²) in [6.45, 7) is 1.74. The number of halogens is 1. The third kappa shape index (κ3) is 2.51. The molecule has 0 radical (unpaired) electrons. The van der Waals surface area contributed by atoms with Crippen molar-refractivity contribution in [2.75, 3.05) is 6.26 Å². The molecular formula is C10H11BrO2S. The molecule has 0 heterocycles. The smallest absolute Gasteiger partial charge is 0.179 e. The Kier molecular flexibility index (Phi) is 4.01. The van der Waals surface area contributed by atoms with Crippen LogP contribution in [0.3, 0.4) is 0 Å². The Morgan fingerprint density at radius 3 is 2.71 bits per heavy atom. The van der Waals surface area contributed by atoms with E-state index in [-0.39, 0.29) is 16.4 Å². The summed E-state index contributed by atoms with van der Waals surface area (Å²) in [5.74, 6) is -0.0579. The van der Waals surface area contributed by atoms with Crippen LogP contribution in [-0.4, -0.2) is 22.0 Å². The summed E-state index contributed by atoms with van der Waals surface area (Å²) in [4.78, 5) is 12.3. The van der Waals surface area contributed by atoms with E-state index in [1.54, 1.807) is 36.9 Å². The average molecular weight is 275 g/mol. The molecule has 1 N–H and O–H groups in total. The molecule has 1 unspecified atom stereocenters. The normalized spacial score (nSPS) is 12.5. The van der Waals surface area contributed by atoms with Crippen LogP contribution in [0.4, 0.5) is 0 Å². The zero-order valence-electron chi connectivity index (χ0n) is 7.95. The van der Waals surface area contributed by atoms with Crippen molar-refractivity contribution in [1.29, 1.82) is 0 Å². The Hall–Kier alpha value is -0.480. The summed E-state index contributed by atoms with van der Waals surface area (Å²) in [6, 6.07) is 5.05. The highest BCUT2D eigenvalue weighted by atomic mass is 79.9. The number of carbonyl (C=O) groups excluding carboxylic acids is 1. The minimum absolute atomic E-state index is 0.0408. The molecule has 0 saturated heterocycles. The fourth-order valence-corrected chi connectivity index (χ4v) is 1.74. The predicted octanol–water partition coefficient (Wildman–Crippen LogP) is 3.08. The molecular weight excluding hydrogens is 264 g/mol. The van der Waals surface area contributed by atoms with Gasteiger partial charge in [-0.3, -0.25) is 4.79 Å². The number of hydrogen-bond acceptors (Lipinski definition) is 3. The lowest BCUT2D eigenvalue weighted by molar-refractivity contribution is 0.0993. The third-order valence-corrected chi connectivity index (χ3v) is 2.97. The number of thioether (sulfide) groups is 1. The highest BCUT2D eigenvalue weighted by Gasteiger charge is 2.16. The SMILES string of the molecule is CSc1ccc(O)c(C(=O)C(C)Br)c1. The lowest BCUT2D eigenvalue weighted by Crippen LogP contribution is -2.10. The molecule has 2 nitrogen and oxygen atoms in total. The molecule has 0 saturated carbocycles. The summed E-state index contributed by atoms with van der Waals surface area (Å²) in [5, 5.41) is 9.50. The van der Waals surface area contributed by atoms with Crippen LogP contribution in [0, 0.1) is 0 Å². The van der Waals surface area contributed by atoms with Crippen LogP contribution >= 0.6 is 27.7 Å². The van der Waals surface area contributed by atoms with E-state index < -0.39 is 0 Å². The molecule has 0 aromatic heterocycles. The Bertz CT molecular complexity index is 350. The topological polar surface area (TPSA) is 37.3 Å². The van der Waals surface area contributed by atoms with E-state index in [2.05, 4.69) is 15.9 Å².